The zero-order valence-corrected chi connectivity index (χ0v) is 30.9. The summed E-state index contributed by atoms with van der Waals surface area (Å²) in [5.74, 6) is -2.52. The van der Waals surface area contributed by atoms with E-state index >= 15 is 0 Å². The highest BCUT2D eigenvalue weighted by Crippen LogP contribution is 2.28. The average molecular weight is 793 g/mol. The van der Waals surface area contributed by atoms with Crippen LogP contribution in [0.3, 0.4) is 0 Å². The molecule has 0 aromatic heterocycles. The number of carbonyl (C=O) groups excluding carboxylic acids is 6. The maximum atomic E-state index is 12.6. The van der Waals surface area contributed by atoms with Crippen LogP contribution in [0.25, 0.3) is 0 Å². The molecule has 0 heterocycles. The van der Waals surface area contributed by atoms with E-state index in [0.717, 1.165) is 0 Å². The van der Waals surface area contributed by atoms with Crippen molar-refractivity contribution in [2.45, 2.75) is 6.92 Å². The summed E-state index contributed by atoms with van der Waals surface area (Å²) in [6.45, 7) is -1.04. The SMILES string of the molecule is COc1ccc(OC)c(C(=O)OOC(=O)OCC(C)(COC(=O)OOC(=O)c2cc(OC)ccc2OC)COC(=O)OOC(=O)c2cc(OC)ccc2OC)c1. The monoisotopic (exact) mass is 792 g/mol. The van der Waals surface area contributed by atoms with E-state index in [1.165, 1.54) is 104 Å². The first-order valence-corrected chi connectivity index (χ1v) is 15.6. The van der Waals surface area contributed by atoms with Crippen LogP contribution in [0, 0.1) is 5.41 Å². The van der Waals surface area contributed by atoms with Gasteiger partial charge in [0.1, 0.15) is 71.0 Å². The van der Waals surface area contributed by atoms with Gasteiger partial charge in [-0.15, -0.1) is 0 Å². The van der Waals surface area contributed by atoms with Crippen LogP contribution in [0.5, 0.6) is 34.5 Å². The molecule has 0 spiro atoms. The van der Waals surface area contributed by atoms with Crippen LogP contribution in [-0.2, 0) is 43.5 Å². The standard InChI is InChI=1S/C35H36O21/c1-35(17-48-32(39)54-51-29(36)23-14-20(42-2)8-11-26(23)45-5,18-49-33(40)55-52-30(37)24-15-21(43-3)9-12-27(24)46-6)19-50-34(41)56-53-31(38)25-16-22(44-4)10-13-28(25)47-7/h8-16H,17-19H2,1-7H3. The van der Waals surface area contributed by atoms with Crippen molar-refractivity contribution in [3.05, 3.63) is 71.3 Å². The molecule has 56 heavy (non-hydrogen) atoms. The van der Waals surface area contributed by atoms with Gasteiger partial charge in [-0.05, 0) is 61.5 Å². The molecule has 0 fully saturated rings. The normalized spacial score (nSPS) is 10.3. The minimum atomic E-state index is -1.67. The van der Waals surface area contributed by atoms with E-state index in [-0.39, 0.29) is 51.2 Å². The van der Waals surface area contributed by atoms with Gasteiger partial charge in [-0.2, -0.15) is 14.4 Å². The van der Waals surface area contributed by atoms with Crippen molar-refractivity contribution >= 4 is 36.4 Å². The molecular formula is C35H36O21. The molecule has 0 aliphatic carbocycles. The Kier molecular flexibility index (Phi) is 16.0. The van der Waals surface area contributed by atoms with Gasteiger partial charge in [0.05, 0.1) is 48.1 Å². The summed E-state index contributed by atoms with van der Waals surface area (Å²) in [6.07, 6.45) is -4.71. The van der Waals surface area contributed by atoms with Crippen molar-refractivity contribution in [1.29, 1.82) is 0 Å². The largest absolute Gasteiger partial charge is 0.549 e. The summed E-state index contributed by atoms with van der Waals surface area (Å²) in [4.78, 5) is 102. The number of rotatable bonds is 15. The molecule has 21 nitrogen and oxygen atoms in total. The third-order valence-corrected chi connectivity index (χ3v) is 7.05. The Morgan fingerprint density at radius 1 is 0.411 bits per heavy atom. The lowest BCUT2D eigenvalue weighted by Crippen LogP contribution is -2.37. The van der Waals surface area contributed by atoms with Crippen LogP contribution < -0.4 is 28.4 Å². The zero-order valence-electron chi connectivity index (χ0n) is 30.9. The van der Waals surface area contributed by atoms with Crippen LogP contribution >= 0.6 is 0 Å². The topological polar surface area (TPSA) is 241 Å². The lowest BCUT2D eigenvalue weighted by Gasteiger charge is -2.26. The molecule has 21 heteroatoms. The molecule has 0 aliphatic heterocycles. The molecule has 3 rings (SSSR count). The molecule has 0 N–H and O–H groups in total. The van der Waals surface area contributed by atoms with E-state index in [1.54, 1.807) is 0 Å². The van der Waals surface area contributed by atoms with Crippen molar-refractivity contribution in [3.8, 4) is 34.5 Å². The van der Waals surface area contributed by atoms with Crippen molar-refractivity contribution in [3.63, 3.8) is 0 Å². The van der Waals surface area contributed by atoms with Gasteiger partial charge in [0.15, 0.2) is 0 Å². The molecule has 0 unspecified atom stereocenters. The smallest absolute Gasteiger partial charge is 0.497 e. The number of hydrogen-bond acceptors (Lipinski definition) is 21. The fourth-order valence-corrected chi connectivity index (χ4v) is 4.17. The summed E-state index contributed by atoms with van der Waals surface area (Å²) in [6, 6.07) is 12.5. The van der Waals surface area contributed by atoms with Crippen molar-refractivity contribution in [2.75, 3.05) is 62.5 Å². The Morgan fingerprint density at radius 3 is 0.911 bits per heavy atom. The zero-order chi connectivity index (χ0) is 41.3. The first kappa shape index (κ1) is 43.1. The molecule has 0 bridgehead atoms. The molecule has 0 radical (unpaired) electrons. The fraction of sp³-hybridized carbons (Fsp3) is 0.314. The summed E-state index contributed by atoms with van der Waals surface area (Å²) in [5.41, 5.74) is -2.17. The third kappa shape index (κ3) is 12.4. The third-order valence-electron chi connectivity index (χ3n) is 7.05. The minimum Gasteiger partial charge on any atom is -0.497 e. The highest BCUT2D eigenvalue weighted by Gasteiger charge is 2.33. The molecular weight excluding hydrogens is 756 g/mol. The van der Waals surface area contributed by atoms with E-state index in [1.807, 2.05) is 0 Å². The van der Waals surface area contributed by atoms with Gasteiger partial charge >= 0.3 is 36.4 Å². The van der Waals surface area contributed by atoms with E-state index in [9.17, 15) is 28.8 Å². The van der Waals surface area contributed by atoms with Crippen LogP contribution in [0.15, 0.2) is 54.6 Å². The van der Waals surface area contributed by atoms with Crippen LogP contribution in [-0.4, -0.2) is 98.9 Å². The Bertz CT molecular complexity index is 1660. The quantitative estimate of drug-likeness (QED) is 0.0867. The average Bonchev–Trinajstić information content (AvgIpc) is 3.23. The van der Waals surface area contributed by atoms with Gasteiger partial charge in [0.25, 0.3) is 0 Å². The number of carbonyl (C=O) groups is 6. The van der Waals surface area contributed by atoms with Gasteiger partial charge in [0.2, 0.25) is 0 Å². The molecule has 0 atom stereocenters. The molecule has 0 aliphatic rings. The van der Waals surface area contributed by atoms with Crippen molar-refractivity contribution in [1.82, 2.24) is 0 Å². The molecule has 0 amide bonds. The molecule has 3 aromatic rings. The minimum absolute atomic E-state index is 0.0648. The van der Waals surface area contributed by atoms with Gasteiger partial charge in [-0.3, -0.25) is 0 Å². The van der Waals surface area contributed by atoms with Gasteiger partial charge in [-0.1, -0.05) is 0 Å². The molecule has 3 aromatic carbocycles. The summed E-state index contributed by atoms with van der Waals surface area (Å²) in [7, 11) is 7.92. The Labute approximate surface area is 317 Å². The number of hydrogen-bond donors (Lipinski definition) is 0. The maximum absolute atomic E-state index is 12.6. The Balaban J connectivity index is 1.65. The Morgan fingerprint density at radius 2 is 0.679 bits per heavy atom. The highest BCUT2D eigenvalue weighted by molar-refractivity contribution is 5.94. The molecule has 0 saturated heterocycles. The van der Waals surface area contributed by atoms with E-state index in [0.29, 0.717) is 0 Å². The number of benzene rings is 3. The Hall–Kier alpha value is -7.32. The predicted molar refractivity (Wildman–Crippen MR) is 180 cm³/mol. The number of ether oxygens (including phenoxy) is 9. The van der Waals surface area contributed by atoms with E-state index in [2.05, 4.69) is 29.3 Å². The van der Waals surface area contributed by atoms with E-state index in [4.69, 9.17) is 42.6 Å². The van der Waals surface area contributed by atoms with Gasteiger partial charge in [-0.25, -0.2) is 43.7 Å². The van der Waals surface area contributed by atoms with Crippen LogP contribution in [0.4, 0.5) is 14.4 Å². The highest BCUT2D eigenvalue weighted by atomic mass is 17.2. The molecule has 302 valence electrons. The lowest BCUT2D eigenvalue weighted by molar-refractivity contribution is -0.216. The van der Waals surface area contributed by atoms with Crippen molar-refractivity contribution < 1.29 is 101 Å². The summed E-state index contributed by atoms with van der Waals surface area (Å²) < 4.78 is 45.4. The van der Waals surface area contributed by atoms with Crippen LogP contribution in [0.1, 0.15) is 38.0 Å². The van der Waals surface area contributed by atoms with E-state index < -0.39 is 61.6 Å². The lowest BCUT2D eigenvalue weighted by atomic mass is 9.94. The molecule has 0 saturated carbocycles. The first-order chi connectivity index (χ1) is 26.8. The predicted octanol–water partition coefficient (Wildman–Crippen LogP) is 4.82. The van der Waals surface area contributed by atoms with Gasteiger partial charge in [0, 0.05) is 0 Å². The second-order valence-corrected chi connectivity index (χ2v) is 11.0. The van der Waals surface area contributed by atoms with Crippen molar-refractivity contribution in [2.24, 2.45) is 5.41 Å². The first-order valence-electron chi connectivity index (χ1n) is 15.6. The second-order valence-electron chi connectivity index (χ2n) is 11.0. The summed E-state index contributed by atoms with van der Waals surface area (Å²) in [5, 5.41) is 0. The summed E-state index contributed by atoms with van der Waals surface area (Å²) >= 11 is 0. The maximum Gasteiger partial charge on any atom is 0.549 e. The van der Waals surface area contributed by atoms with Crippen LogP contribution in [0.2, 0.25) is 0 Å². The number of methoxy groups -OCH3 is 6. The fourth-order valence-electron chi connectivity index (χ4n) is 4.17. The second kappa shape index (κ2) is 20.8. The van der Waals surface area contributed by atoms with Gasteiger partial charge < -0.3 is 42.6 Å².